The zero-order valence-corrected chi connectivity index (χ0v) is 12.6. The van der Waals surface area contributed by atoms with Crippen LogP contribution in [-0.2, 0) is 9.53 Å². The number of carbonyl (C=O) groups excluding carboxylic acids is 2. The van der Waals surface area contributed by atoms with E-state index in [4.69, 9.17) is 27.9 Å². The van der Waals surface area contributed by atoms with E-state index in [1.54, 1.807) is 24.3 Å². The van der Waals surface area contributed by atoms with Crippen LogP contribution in [0.25, 0.3) is 0 Å². The Labute approximate surface area is 135 Å². The van der Waals surface area contributed by atoms with Crippen LogP contribution in [-0.4, -0.2) is 18.5 Å². The maximum atomic E-state index is 12.9. The molecule has 0 heterocycles. The second-order valence-corrected chi connectivity index (χ2v) is 5.10. The molecule has 2 aromatic carbocycles. The maximum absolute atomic E-state index is 12.9. The molecule has 0 fully saturated rings. The Kier molecular flexibility index (Phi) is 5.35. The first-order valence-electron chi connectivity index (χ1n) is 6.13. The Balaban J connectivity index is 1.92. The number of amides is 1. The standard InChI is InChI=1S/C15H10Cl2FNO3/c16-9-2-1-3-11(6-9)19-14(20)8-22-15(21)12-5-4-10(18)7-13(12)17/h1-7H,8H2,(H,19,20). The molecule has 0 aromatic heterocycles. The molecule has 7 heteroatoms. The Bertz CT molecular complexity index is 722. The highest BCUT2D eigenvalue weighted by molar-refractivity contribution is 6.33. The van der Waals surface area contributed by atoms with E-state index in [1.165, 1.54) is 6.07 Å². The summed E-state index contributed by atoms with van der Waals surface area (Å²) in [5.74, 6) is -1.92. The van der Waals surface area contributed by atoms with Crippen molar-refractivity contribution < 1.29 is 18.7 Å². The van der Waals surface area contributed by atoms with Gasteiger partial charge in [-0.15, -0.1) is 0 Å². The largest absolute Gasteiger partial charge is 0.452 e. The quantitative estimate of drug-likeness (QED) is 0.857. The number of nitrogens with one attached hydrogen (secondary N) is 1. The molecule has 1 N–H and O–H groups in total. The van der Waals surface area contributed by atoms with Gasteiger partial charge in [-0.3, -0.25) is 4.79 Å². The average molecular weight is 342 g/mol. The molecule has 0 aliphatic rings. The van der Waals surface area contributed by atoms with Gasteiger partial charge < -0.3 is 10.1 Å². The van der Waals surface area contributed by atoms with Crippen LogP contribution in [0.15, 0.2) is 42.5 Å². The molecule has 0 aliphatic heterocycles. The number of carbonyl (C=O) groups is 2. The third-order valence-corrected chi connectivity index (χ3v) is 3.14. The summed E-state index contributed by atoms with van der Waals surface area (Å²) in [5, 5.41) is 2.90. The van der Waals surface area contributed by atoms with E-state index >= 15 is 0 Å². The van der Waals surface area contributed by atoms with E-state index in [9.17, 15) is 14.0 Å². The first-order chi connectivity index (χ1) is 10.5. The molecule has 0 radical (unpaired) electrons. The van der Waals surface area contributed by atoms with Gasteiger partial charge in [0, 0.05) is 10.7 Å². The summed E-state index contributed by atoms with van der Waals surface area (Å²) in [4.78, 5) is 23.4. The van der Waals surface area contributed by atoms with Crippen molar-refractivity contribution in [3.63, 3.8) is 0 Å². The summed E-state index contributed by atoms with van der Waals surface area (Å²) in [7, 11) is 0. The van der Waals surface area contributed by atoms with Crippen molar-refractivity contribution in [3.05, 3.63) is 63.9 Å². The van der Waals surface area contributed by atoms with Gasteiger partial charge in [-0.05, 0) is 36.4 Å². The molecule has 2 rings (SSSR count). The Morgan fingerprint density at radius 3 is 2.59 bits per heavy atom. The number of ether oxygens (including phenoxy) is 1. The summed E-state index contributed by atoms with van der Waals surface area (Å²) in [6, 6.07) is 9.78. The number of anilines is 1. The van der Waals surface area contributed by atoms with E-state index < -0.39 is 24.3 Å². The van der Waals surface area contributed by atoms with Crippen LogP contribution in [0.5, 0.6) is 0 Å². The van der Waals surface area contributed by atoms with Crippen LogP contribution >= 0.6 is 23.2 Å². The highest BCUT2D eigenvalue weighted by Crippen LogP contribution is 2.18. The lowest BCUT2D eigenvalue weighted by Crippen LogP contribution is -2.21. The SMILES string of the molecule is O=C(COC(=O)c1ccc(F)cc1Cl)Nc1cccc(Cl)c1. The third-order valence-electron chi connectivity index (χ3n) is 2.59. The van der Waals surface area contributed by atoms with Crippen molar-refractivity contribution in [1.82, 2.24) is 0 Å². The monoisotopic (exact) mass is 341 g/mol. The molecular weight excluding hydrogens is 332 g/mol. The molecule has 0 unspecified atom stereocenters. The van der Waals surface area contributed by atoms with Gasteiger partial charge in [-0.2, -0.15) is 0 Å². The molecule has 0 aliphatic carbocycles. The minimum atomic E-state index is -0.814. The second kappa shape index (κ2) is 7.24. The summed E-state index contributed by atoms with van der Waals surface area (Å²) in [6.07, 6.45) is 0. The van der Waals surface area contributed by atoms with Crippen LogP contribution in [0.1, 0.15) is 10.4 Å². The molecule has 0 saturated carbocycles. The highest BCUT2D eigenvalue weighted by atomic mass is 35.5. The number of rotatable bonds is 4. The van der Waals surface area contributed by atoms with E-state index in [-0.39, 0.29) is 10.6 Å². The van der Waals surface area contributed by atoms with Gasteiger partial charge in [0.05, 0.1) is 10.6 Å². The zero-order valence-electron chi connectivity index (χ0n) is 11.1. The fraction of sp³-hybridized carbons (Fsp3) is 0.0667. The summed E-state index contributed by atoms with van der Waals surface area (Å²) < 4.78 is 17.7. The molecule has 0 atom stereocenters. The number of hydrogen-bond donors (Lipinski definition) is 1. The second-order valence-electron chi connectivity index (χ2n) is 4.26. The normalized spacial score (nSPS) is 10.1. The zero-order chi connectivity index (χ0) is 16.1. The lowest BCUT2D eigenvalue weighted by molar-refractivity contribution is -0.119. The van der Waals surface area contributed by atoms with Crippen LogP contribution in [0, 0.1) is 5.82 Å². The summed E-state index contributed by atoms with van der Waals surface area (Å²) in [5.41, 5.74) is 0.465. The van der Waals surface area contributed by atoms with E-state index in [0.717, 1.165) is 12.1 Å². The van der Waals surface area contributed by atoms with E-state index in [2.05, 4.69) is 5.32 Å². The fourth-order valence-electron chi connectivity index (χ4n) is 1.63. The predicted octanol–water partition coefficient (Wildman–Crippen LogP) is 3.93. The number of benzene rings is 2. The van der Waals surface area contributed by atoms with Gasteiger partial charge in [-0.25, -0.2) is 9.18 Å². The summed E-state index contributed by atoms with van der Waals surface area (Å²) in [6.45, 7) is -0.501. The number of hydrogen-bond acceptors (Lipinski definition) is 3. The Morgan fingerprint density at radius 2 is 1.91 bits per heavy atom. The molecule has 114 valence electrons. The number of esters is 1. The van der Waals surface area contributed by atoms with Crippen molar-refractivity contribution >= 4 is 40.8 Å². The van der Waals surface area contributed by atoms with Gasteiger partial charge in [-0.1, -0.05) is 29.3 Å². The average Bonchev–Trinajstić information content (AvgIpc) is 2.45. The van der Waals surface area contributed by atoms with Gasteiger partial charge in [0.15, 0.2) is 6.61 Å². The lowest BCUT2D eigenvalue weighted by Gasteiger charge is -2.07. The topological polar surface area (TPSA) is 55.4 Å². The fourth-order valence-corrected chi connectivity index (χ4v) is 2.06. The minimum Gasteiger partial charge on any atom is -0.452 e. The predicted molar refractivity (Wildman–Crippen MR) is 81.8 cm³/mol. The molecule has 4 nitrogen and oxygen atoms in total. The first kappa shape index (κ1) is 16.3. The van der Waals surface area contributed by atoms with Crippen molar-refractivity contribution in [2.24, 2.45) is 0 Å². The molecule has 0 bridgehead atoms. The lowest BCUT2D eigenvalue weighted by atomic mass is 10.2. The minimum absolute atomic E-state index is 0.0152. The van der Waals surface area contributed by atoms with Gasteiger partial charge in [0.2, 0.25) is 0 Å². The Hall–Kier alpha value is -2.11. The van der Waals surface area contributed by atoms with E-state index in [1.807, 2.05) is 0 Å². The van der Waals surface area contributed by atoms with Gasteiger partial charge >= 0.3 is 5.97 Å². The number of halogens is 3. The van der Waals surface area contributed by atoms with Crippen molar-refractivity contribution in [1.29, 1.82) is 0 Å². The molecule has 22 heavy (non-hydrogen) atoms. The van der Waals surface area contributed by atoms with E-state index in [0.29, 0.717) is 10.7 Å². The molecule has 2 aromatic rings. The van der Waals surface area contributed by atoms with Crippen LogP contribution in [0.4, 0.5) is 10.1 Å². The molecular formula is C15H10Cl2FNO3. The highest BCUT2D eigenvalue weighted by Gasteiger charge is 2.14. The van der Waals surface area contributed by atoms with Crippen molar-refractivity contribution in [3.8, 4) is 0 Å². The third kappa shape index (κ3) is 4.44. The molecule has 0 saturated heterocycles. The Morgan fingerprint density at radius 1 is 1.14 bits per heavy atom. The van der Waals surface area contributed by atoms with Crippen LogP contribution < -0.4 is 5.32 Å². The first-order valence-corrected chi connectivity index (χ1v) is 6.89. The van der Waals surface area contributed by atoms with Gasteiger partial charge in [0.1, 0.15) is 5.82 Å². The maximum Gasteiger partial charge on any atom is 0.340 e. The molecule has 0 spiro atoms. The summed E-state index contributed by atoms with van der Waals surface area (Å²) >= 11 is 11.5. The van der Waals surface area contributed by atoms with Crippen LogP contribution in [0.3, 0.4) is 0 Å². The van der Waals surface area contributed by atoms with Gasteiger partial charge in [0.25, 0.3) is 5.91 Å². The van der Waals surface area contributed by atoms with Crippen molar-refractivity contribution in [2.75, 3.05) is 11.9 Å². The van der Waals surface area contributed by atoms with Crippen LogP contribution in [0.2, 0.25) is 10.0 Å². The molecule has 1 amide bonds. The van der Waals surface area contributed by atoms with Crippen molar-refractivity contribution in [2.45, 2.75) is 0 Å². The smallest absolute Gasteiger partial charge is 0.340 e.